The molecule has 0 aromatic heterocycles. The smallest absolute Gasteiger partial charge is 0.0516 e. The lowest BCUT2D eigenvalue weighted by molar-refractivity contribution is 0.531. The van der Waals surface area contributed by atoms with Crippen LogP contribution in [0.15, 0.2) is 46.9 Å². The van der Waals surface area contributed by atoms with E-state index >= 15 is 0 Å². The van der Waals surface area contributed by atoms with Crippen molar-refractivity contribution in [3.63, 3.8) is 0 Å². The van der Waals surface area contributed by atoms with Crippen LogP contribution in [0.2, 0.25) is 5.02 Å². The SMILES string of the molecule is Cc1cc(Br)c(NC(CC(C)C)c2ccccc2)cc1Cl. The van der Waals surface area contributed by atoms with Gasteiger partial charge in [0, 0.05) is 9.50 Å². The van der Waals surface area contributed by atoms with E-state index in [4.69, 9.17) is 11.6 Å². The van der Waals surface area contributed by atoms with Crippen molar-refractivity contribution in [3.05, 3.63) is 63.1 Å². The summed E-state index contributed by atoms with van der Waals surface area (Å²) in [7, 11) is 0. The van der Waals surface area contributed by atoms with Gasteiger partial charge in [-0.15, -0.1) is 0 Å². The molecule has 0 aliphatic carbocycles. The Labute approximate surface area is 140 Å². The number of nitrogens with one attached hydrogen (secondary N) is 1. The van der Waals surface area contributed by atoms with E-state index in [9.17, 15) is 0 Å². The summed E-state index contributed by atoms with van der Waals surface area (Å²) >= 11 is 9.89. The molecule has 0 fully saturated rings. The maximum absolute atomic E-state index is 6.26. The number of anilines is 1. The Bertz CT molecular complexity index is 596. The number of aryl methyl sites for hydroxylation is 1. The molecule has 0 spiro atoms. The van der Waals surface area contributed by atoms with Crippen LogP contribution in [0.1, 0.15) is 37.4 Å². The zero-order valence-corrected chi connectivity index (χ0v) is 15.0. The Kier molecular flexibility index (Phi) is 5.72. The summed E-state index contributed by atoms with van der Waals surface area (Å²) in [6, 6.07) is 14.9. The van der Waals surface area contributed by atoms with Crippen LogP contribution < -0.4 is 5.32 Å². The molecule has 1 unspecified atom stereocenters. The van der Waals surface area contributed by atoms with Gasteiger partial charge in [-0.25, -0.2) is 0 Å². The van der Waals surface area contributed by atoms with Gasteiger partial charge in [0.1, 0.15) is 0 Å². The zero-order valence-electron chi connectivity index (χ0n) is 12.7. The molecule has 0 aliphatic heterocycles. The van der Waals surface area contributed by atoms with Gasteiger partial charge in [0.2, 0.25) is 0 Å². The van der Waals surface area contributed by atoms with Crippen molar-refractivity contribution in [1.29, 1.82) is 0 Å². The minimum Gasteiger partial charge on any atom is -0.377 e. The second kappa shape index (κ2) is 7.33. The summed E-state index contributed by atoms with van der Waals surface area (Å²) in [6.07, 6.45) is 1.07. The highest BCUT2D eigenvalue weighted by molar-refractivity contribution is 9.10. The lowest BCUT2D eigenvalue weighted by Gasteiger charge is -2.23. The molecule has 2 rings (SSSR count). The predicted octanol–water partition coefficient (Wildman–Crippen LogP) is 6.61. The van der Waals surface area contributed by atoms with Crippen molar-refractivity contribution in [2.45, 2.75) is 33.2 Å². The molecule has 0 saturated heterocycles. The molecule has 1 nitrogen and oxygen atoms in total. The van der Waals surface area contributed by atoms with Crippen molar-refractivity contribution in [2.75, 3.05) is 5.32 Å². The molecule has 0 heterocycles. The monoisotopic (exact) mass is 365 g/mol. The van der Waals surface area contributed by atoms with Gasteiger partial charge in [0.05, 0.1) is 11.7 Å². The molecule has 0 amide bonds. The molecule has 3 heteroatoms. The molecule has 2 aromatic carbocycles. The van der Waals surface area contributed by atoms with Crippen LogP contribution in [0.4, 0.5) is 5.69 Å². The molecule has 21 heavy (non-hydrogen) atoms. The van der Waals surface area contributed by atoms with Crippen LogP contribution in [0.3, 0.4) is 0 Å². The van der Waals surface area contributed by atoms with Gasteiger partial charge < -0.3 is 5.32 Å². The van der Waals surface area contributed by atoms with Crippen LogP contribution in [-0.2, 0) is 0 Å². The Balaban J connectivity index is 2.29. The third-order valence-electron chi connectivity index (χ3n) is 3.49. The lowest BCUT2D eigenvalue weighted by Crippen LogP contribution is -2.13. The zero-order chi connectivity index (χ0) is 15.4. The van der Waals surface area contributed by atoms with E-state index in [0.29, 0.717) is 5.92 Å². The molecule has 112 valence electrons. The van der Waals surface area contributed by atoms with E-state index in [-0.39, 0.29) is 6.04 Å². The number of hydrogen-bond acceptors (Lipinski definition) is 1. The molecular formula is C18H21BrClN. The van der Waals surface area contributed by atoms with E-state index in [0.717, 1.165) is 27.2 Å². The summed E-state index contributed by atoms with van der Waals surface area (Å²) in [5.74, 6) is 0.613. The molecule has 1 N–H and O–H groups in total. The number of hydrogen-bond donors (Lipinski definition) is 1. The van der Waals surface area contributed by atoms with Crippen molar-refractivity contribution in [1.82, 2.24) is 0 Å². The van der Waals surface area contributed by atoms with Gasteiger partial charge in [-0.05, 0) is 58.5 Å². The summed E-state index contributed by atoms with van der Waals surface area (Å²) in [4.78, 5) is 0. The minimum atomic E-state index is 0.279. The molecule has 1 atom stereocenters. The quantitative estimate of drug-likeness (QED) is 0.627. The van der Waals surface area contributed by atoms with Crippen molar-refractivity contribution >= 4 is 33.2 Å². The highest BCUT2D eigenvalue weighted by Gasteiger charge is 2.15. The molecule has 0 aliphatic rings. The maximum Gasteiger partial charge on any atom is 0.0516 e. The molecular weight excluding hydrogens is 346 g/mol. The fraction of sp³-hybridized carbons (Fsp3) is 0.333. The summed E-state index contributed by atoms with van der Waals surface area (Å²) in [5, 5.41) is 4.42. The van der Waals surface area contributed by atoms with Crippen molar-refractivity contribution in [3.8, 4) is 0 Å². The first kappa shape index (κ1) is 16.4. The van der Waals surface area contributed by atoms with Gasteiger partial charge in [-0.3, -0.25) is 0 Å². The average Bonchev–Trinajstić information content (AvgIpc) is 2.44. The summed E-state index contributed by atoms with van der Waals surface area (Å²) in [5.41, 5.74) is 3.42. The van der Waals surface area contributed by atoms with E-state index in [1.165, 1.54) is 5.56 Å². The molecule has 2 aromatic rings. The number of rotatable bonds is 5. The second-order valence-electron chi connectivity index (χ2n) is 5.82. The van der Waals surface area contributed by atoms with Crippen LogP contribution in [0.25, 0.3) is 0 Å². The first-order valence-corrected chi connectivity index (χ1v) is 8.41. The first-order valence-electron chi connectivity index (χ1n) is 7.24. The van der Waals surface area contributed by atoms with Crippen LogP contribution in [0, 0.1) is 12.8 Å². The largest absolute Gasteiger partial charge is 0.377 e. The van der Waals surface area contributed by atoms with Gasteiger partial charge in [0.25, 0.3) is 0 Å². The van der Waals surface area contributed by atoms with Gasteiger partial charge in [0.15, 0.2) is 0 Å². The Morgan fingerprint density at radius 3 is 2.43 bits per heavy atom. The number of benzene rings is 2. The summed E-state index contributed by atoms with van der Waals surface area (Å²) < 4.78 is 1.05. The van der Waals surface area contributed by atoms with Crippen molar-refractivity contribution in [2.24, 2.45) is 5.92 Å². The first-order chi connectivity index (χ1) is 9.97. The molecule has 0 bridgehead atoms. The van der Waals surface area contributed by atoms with Crippen LogP contribution >= 0.6 is 27.5 Å². The standard InChI is InChI=1S/C18H21BrClN/c1-12(2)9-17(14-7-5-4-6-8-14)21-18-11-16(20)13(3)10-15(18)19/h4-8,10-12,17,21H,9H2,1-3H3. The lowest BCUT2D eigenvalue weighted by atomic mass is 9.96. The van der Waals surface area contributed by atoms with E-state index in [1.54, 1.807) is 0 Å². The third kappa shape index (κ3) is 4.49. The predicted molar refractivity (Wildman–Crippen MR) is 96.1 cm³/mol. The second-order valence-corrected chi connectivity index (χ2v) is 7.08. The van der Waals surface area contributed by atoms with Crippen LogP contribution in [-0.4, -0.2) is 0 Å². The van der Waals surface area contributed by atoms with Crippen molar-refractivity contribution < 1.29 is 0 Å². The average molecular weight is 367 g/mol. The van der Waals surface area contributed by atoms with E-state index < -0.39 is 0 Å². The normalized spacial score (nSPS) is 12.5. The minimum absolute atomic E-state index is 0.279. The molecule has 0 saturated carbocycles. The highest BCUT2D eigenvalue weighted by Crippen LogP contribution is 2.33. The van der Waals surface area contributed by atoms with Crippen LogP contribution in [0.5, 0.6) is 0 Å². The van der Waals surface area contributed by atoms with Gasteiger partial charge in [-0.1, -0.05) is 55.8 Å². The summed E-state index contributed by atoms with van der Waals surface area (Å²) in [6.45, 7) is 6.50. The fourth-order valence-electron chi connectivity index (χ4n) is 2.38. The topological polar surface area (TPSA) is 12.0 Å². The molecule has 0 radical (unpaired) electrons. The van der Waals surface area contributed by atoms with E-state index in [1.807, 2.05) is 13.0 Å². The Morgan fingerprint density at radius 2 is 1.81 bits per heavy atom. The number of halogens is 2. The van der Waals surface area contributed by atoms with Gasteiger partial charge in [-0.2, -0.15) is 0 Å². The third-order valence-corrected chi connectivity index (χ3v) is 4.55. The van der Waals surface area contributed by atoms with Gasteiger partial charge >= 0.3 is 0 Å². The highest BCUT2D eigenvalue weighted by atomic mass is 79.9. The maximum atomic E-state index is 6.26. The Morgan fingerprint density at radius 1 is 1.14 bits per heavy atom. The fourth-order valence-corrected chi connectivity index (χ4v) is 3.12. The van der Waals surface area contributed by atoms with E-state index in [2.05, 4.69) is 71.5 Å². The Hall–Kier alpha value is -0.990.